The van der Waals surface area contributed by atoms with Gasteiger partial charge >= 0.3 is 0 Å². The van der Waals surface area contributed by atoms with E-state index < -0.39 is 0 Å². The summed E-state index contributed by atoms with van der Waals surface area (Å²) in [7, 11) is 0. The molecule has 0 aromatic heterocycles. The molecule has 1 heterocycles. The average Bonchev–Trinajstić information content (AvgIpc) is 2.38. The number of hydrogen-bond acceptors (Lipinski definition) is 1. The molecule has 1 aliphatic heterocycles. The van der Waals surface area contributed by atoms with Crippen LogP contribution >= 0.6 is 15.9 Å². The van der Waals surface area contributed by atoms with Gasteiger partial charge in [-0.05, 0) is 49.5 Å². The van der Waals surface area contributed by atoms with Crippen LogP contribution in [0.5, 0.6) is 0 Å². The van der Waals surface area contributed by atoms with E-state index in [0.717, 1.165) is 29.9 Å². The highest BCUT2D eigenvalue weighted by molar-refractivity contribution is 9.09. The highest BCUT2D eigenvalue weighted by Crippen LogP contribution is 2.24. The Morgan fingerprint density at radius 3 is 2.50 bits per heavy atom. The molecular formula is C14H16BrN. The van der Waals surface area contributed by atoms with Gasteiger partial charge < -0.3 is 5.32 Å². The molecule has 1 saturated heterocycles. The number of hydrogen-bond donors (Lipinski definition) is 1. The van der Waals surface area contributed by atoms with Crippen molar-refractivity contribution in [2.24, 2.45) is 0 Å². The first-order chi connectivity index (χ1) is 7.90. The lowest BCUT2D eigenvalue weighted by Gasteiger charge is -2.22. The van der Waals surface area contributed by atoms with Gasteiger partial charge in [-0.1, -0.05) is 39.9 Å². The maximum Gasteiger partial charge on any atom is 0.0649 e. The Bertz CT molecular complexity index is 379. The molecule has 0 aliphatic carbocycles. The minimum Gasteiger partial charge on any atom is -0.317 e. The predicted molar refractivity (Wildman–Crippen MR) is 72.0 cm³/mol. The summed E-state index contributed by atoms with van der Waals surface area (Å²) in [5.41, 5.74) is 2.57. The number of rotatable bonds is 1. The zero-order chi connectivity index (χ0) is 11.2. The molecule has 1 aliphatic rings. The number of nitrogens with one attached hydrogen (secondary N) is 1. The minimum atomic E-state index is 0.736. The van der Waals surface area contributed by atoms with Crippen LogP contribution < -0.4 is 5.32 Å². The summed E-state index contributed by atoms with van der Waals surface area (Å²) in [6, 6.07) is 8.72. The van der Waals surface area contributed by atoms with Gasteiger partial charge in [0.05, 0.1) is 5.33 Å². The van der Waals surface area contributed by atoms with E-state index in [1.165, 1.54) is 18.4 Å². The minimum absolute atomic E-state index is 0.736. The third kappa shape index (κ3) is 3.10. The van der Waals surface area contributed by atoms with Gasteiger partial charge in [0.2, 0.25) is 0 Å². The monoisotopic (exact) mass is 277 g/mol. The number of piperidine rings is 1. The fourth-order valence-corrected chi connectivity index (χ4v) is 2.27. The molecule has 1 nitrogen and oxygen atoms in total. The van der Waals surface area contributed by atoms with Crippen molar-refractivity contribution in [2.45, 2.75) is 18.8 Å². The molecule has 2 heteroatoms. The van der Waals surface area contributed by atoms with Crippen LogP contribution in [-0.4, -0.2) is 18.4 Å². The standard InChI is InChI=1S/C14H16BrN/c15-9-1-2-12-3-5-13(6-4-12)14-7-10-16-11-8-14/h3-6,14,16H,7-11H2. The Labute approximate surface area is 106 Å². The van der Waals surface area contributed by atoms with Gasteiger partial charge in [0, 0.05) is 5.56 Å². The molecule has 0 amide bonds. The van der Waals surface area contributed by atoms with E-state index in [2.05, 4.69) is 57.4 Å². The molecule has 0 unspecified atom stereocenters. The van der Waals surface area contributed by atoms with Crippen molar-refractivity contribution in [3.8, 4) is 11.8 Å². The van der Waals surface area contributed by atoms with Crippen LogP contribution in [0.25, 0.3) is 0 Å². The summed E-state index contributed by atoms with van der Waals surface area (Å²) in [6.07, 6.45) is 2.51. The van der Waals surface area contributed by atoms with Crippen LogP contribution in [0.4, 0.5) is 0 Å². The largest absolute Gasteiger partial charge is 0.317 e. The van der Waals surface area contributed by atoms with Crippen LogP contribution in [0.3, 0.4) is 0 Å². The molecule has 0 radical (unpaired) electrons. The first-order valence-corrected chi connectivity index (χ1v) is 6.88. The maximum absolute atomic E-state index is 3.40. The molecule has 0 bridgehead atoms. The lowest BCUT2D eigenvalue weighted by molar-refractivity contribution is 0.460. The summed E-state index contributed by atoms with van der Waals surface area (Å²) < 4.78 is 0. The van der Waals surface area contributed by atoms with Gasteiger partial charge in [0.25, 0.3) is 0 Å². The van der Waals surface area contributed by atoms with E-state index in [0.29, 0.717) is 0 Å². The highest BCUT2D eigenvalue weighted by atomic mass is 79.9. The summed E-state index contributed by atoms with van der Waals surface area (Å²) in [5, 5.41) is 4.14. The van der Waals surface area contributed by atoms with E-state index in [1.54, 1.807) is 0 Å². The predicted octanol–water partition coefficient (Wildman–Crippen LogP) is 2.90. The van der Waals surface area contributed by atoms with Crippen LogP contribution in [0.15, 0.2) is 24.3 Å². The molecule has 16 heavy (non-hydrogen) atoms. The summed E-state index contributed by atoms with van der Waals surface area (Å²) >= 11 is 3.30. The van der Waals surface area contributed by atoms with E-state index in [9.17, 15) is 0 Å². The molecule has 0 saturated carbocycles. The number of halogens is 1. The van der Waals surface area contributed by atoms with Gasteiger partial charge in [0.15, 0.2) is 0 Å². The van der Waals surface area contributed by atoms with E-state index >= 15 is 0 Å². The second-order valence-corrected chi connectivity index (χ2v) is 4.64. The van der Waals surface area contributed by atoms with Crippen molar-refractivity contribution in [3.05, 3.63) is 35.4 Å². The van der Waals surface area contributed by atoms with Crippen molar-refractivity contribution in [2.75, 3.05) is 18.4 Å². The second kappa shape index (κ2) is 6.08. The fraction of sp³-hybridized carbons (Fsp3) is 0.429. The summed E-state index contributed by atoms with van der Waals surface area (Å²) in [6.45, 7) is 2.30. The first kappa shape index (κ1) is 11.7. The fourth-order valence-electron chi connectivity index (χ4n) is 2.13. The quantitative estimate of drug-likeness (QED) is 0.615. The summed E-state index contributed by atoms with van der Waals surface area (Å²) in [4.78, 5) is 0. The Hall–Kier alpha value is -0.780. The first-order valence-electron chi connectivity index (χ1n) is 5.75. The van der Waals surface area contributed by atoms with E-state index in [4.69, 9.17) is 0 Å². The Morgan fingerprint density at radius 2 is 1.88 bits per heavy atom. The molecule has 0 spiro atoms. The van der Waals surface area contributed by atoms with Crippen LogP contribution in [0.2, 0.25) is 0 Å². The van der Waals surface area contributed by atoms with E-state index in [-0.39, 0.29) is 0 Å². The smallest absolute Gasteiger partial charge is 0.0649 e. The molecule has 1 aromatic carbocycles. The molecule has 1 N–H and O–H groups in total. The van der Waals surface area contributed by atoms with Gasteiger partial charge in [-0.15, -0.1) is 0 Å². The molecule has 0 atom stereocenters. The van der Waals surface area contributed by atoms with Crippen molar-refractivity contribution in [1.82, 2.24) is 5.32 Å². The molecule has 84 valence electrons. The molecular weight excluding hydrogens is 262 g/mol. The third-order valence-corrected chi connectivity index (χ3v) is 3.30. The second-order valence-electron chi connectivity index (χ2n) is 4.08. The number of benzene rings is 1. The van der Waals surface area contributed by atoms with Crippen LogP contribution in [0.1, 0.15) is 29.9 Å². The van der Waals surface area contributed by atoms with Crippen molar-refractivity contribution >= 4 is 15.9 Å². The van der Waals surface area contributed by atoms with E-state index in [1.807, 2.05) is 0 Å². The highest BCUT2D eigenvalue weighted by Gasteiger charge is 2.14. The lowest BCUT2D eigenvalue weighted by Crippen LogP contribution is -2.26. The Morgan fingerprint density at radius 1 is 1.19 bits per heavy atom. The van der Waals surface area contributed by atoms with Gasteiger partial charge in [0.1, 0.15) is 0 Å². The molecule has 1 fully saturated rings. The Kier molecular flexibility index (Phi) is 4.44. The maximum atomic E-state index is 3.40. The van der Waals surface area contributed by atoms with Gasteiger partial charge in [-0.25, -0.2) is 0 Å². The van der Waals surface area contributed by atoms with Gasteiger partial charge in [-0.2, -0.15) is 0 Å². The topological polar surface area (TPSA) is 12.0 Å². The van der Waals surface area contributed by atoms with Crippen molar-refractivity contribution in [3.63, 3.8) is 0 Å². The molecule has 2 rings (SSSR count). The van der Waals surface area contributed by atoms with Gasteiger partial charge in [-0.3, -0.25) is 0 Å². The van der Waals surface area contributed by atoms with Crippen molar-refractivity contribution < 1.29 is 0 Å². The normalized spacial score (nSPS) is 16.6. The van der Waals surface area contributed by atoms with Crippen LogP contribution in [-0.2, 0) is 0 Å². The zero-order valence-electron chi connectivity index (χ0n) is 9.30. The summed E-state index contributed by atoms with van der Waals surface area (Å²) in [5.74, 6) is 6.87. The SMILES string of the molecule is BrCC#Cc1ccc(C2CCNCC2)cc1. The van der Waals surface area contributed by atoms with Crippen molar-refractivity contribution in [1.29, 1.82) is 0 Å². The average molecular weight is 278 g/mol. The Balaban J connectivity index is 2.06. The van der Waals surface area contributed by atoms with Crippen LogP contribution in [0, 0.1) is 11.8 Å². The zero-order valence-corrected chi connectivity index (χ0v) is 10.9. The lowest BCUT2D eigenvalue weighted by atomic mass is 9.90. The molecule has 1 aromatic rings. The third-order valence-electron chi connectivity index (χ3n) is 3.02. The number of alkyl halides is 1.